The molecule has 0 aliphatic heterocycles. The van der Waals surface area contributed by atoms with Gasteiger partial charge in [0.2, 0.25) is 0 Å². The third kappa shape index (κ3) is 8.97. The van der Waals surface area contributed by atoms with Gasteiger partial charge in [0.25, 0.3) is 0 Å². The van der Waals surface area contributed by atoms with Crippen molar-refractivity contribution in [1.82, 2.24) is 0 Å². The Morgan fingerprint density at radius 2 is 0.783 bits per heavy atom. The van der Waals surface area contributed by atoms with Gasteiger partial charge < -0.3 is 15.3 Å². The Kier molecular flexibility index (Phi) is 10.4. The highest BCUT2D eigenvalue weighted by Crippen LogP contribution is 2.34. The molecule has 0 unspecified atom stereocenters. The molecule has 0 fully saturated rings. The molecule has 230 valence electrons. The van der Waals surface area contributed by atoms with E-state index < -0.39 is 17.9 Å². The van der Waals surface area contributed by atoms with Gasteiger partial charge in [0, 0.05) is 18.2 Å². The Morgan fingerprint density at radius 3 is 1.07 bits per heavy atom. The lowest BCUT2D eigenvalue weighted by Gasteiger charge is -2.14. The average molecular weight is 613 g/mol. The summed E-state index contributed by atoms with van der Waals surface area (Å²) in [5, 5.41) is 27.3. The molecule has 0 radical (unpaired) electrons. The standard InChI is InChI=1S/C39H32O7/c1-24-16-31(9-11-35(24)33-20-27(5-4-26(3)40)18-28(21-33)6-13-37(41)42)32-10-12-36(25(2)17-32)34-22-29(7-14-38(43)44)19-30(23-34)8-15-39(45)46/h4-23H,1-3H3,(H,41,42)(H,43,44)(H,45,46)/b5-4+,13-6+,14-7+,15-8+. The summed E-state index contributed by atoms with van der Waals surface area (Å²) in [7, 11) is 0. The highest BCUT2D eigenvalue weighted by Gasteiger charge is 2.10. The predicted molar refractivity (Wildman–Crippen MR) is 182 cm³/mol. The van der Waals surface area contributed by atoms with Crippen LogP contribution in [0.2, 0.25) is 0 Å². The summed E-state index contributed by atoms with van der Waals surface area (Å²) in [6.07, 6.45) is 10.8. The Labute approximate surface area is 266 Å². The van der Waals surface area contributed by atoms with Crippen LogP contribution >= 0.6 is 0 Å². The number of benzene rings is 4. The first kappa shape index (κ1) is 32.8. The average Bonchev–Trinajstić information content (AvgIpc) is 3.00. The number of hydrogen-bond donors (Lipinski definition) is 3. The van der Waals surface area contributed by atoms with Crippen molar-refractivity contribution in [2.45, 2.75) is 20.8 Å². The maximum Gasteiger partial charge on any atom is 0.328 e. The molecule has 7 heteroatoms. The van der Waals surface area contributed by atoms with E-state index in [2.05, 4.69) is 12.1 Å². The molecule has 0 heterocycles. The van der Waals surface area contributed by atoms with Gasteiger partial charge in [-0.2, -0.15) is 0 Å². The first-order valence-electron chi connectivity index (χ1n) is 14.3. The van der Waals surface area contributed by atoms with E-state index in [9.17, 15) is 19.2 Å². The van der Waals surface area contributed by atoms with Crippen LogP contribution in [-0.4, -0.2) is 39.0 Å². The molecule has 0 amide bonds. The van der Waals surface area contributed by atoms with Crippen molar-refractivity contribution < 1.29 is 34.5 Å². The van der Waals surface area contributed by atoms with Gasteiger partial charge in [-0.15, -0.1) is 0 Å². The molecule has 7 nitrogen and oxygen atoms in total. The molecule has 46 heavy (non-hydrogen) atoms. The van der Waals surface area contributed by atoms with Crippen LogP contribution < -0.4 is 0 Å². The maximum atomic E-state index is 11.5. The van der Waals surface area contributed by atoms with Crippen molar-refractivity contribution in [2.24, 2.45) is 0 Å². The normalized spacial score (nSPS) is 11.6. The second-order valence-electron chi connectivity index (χ2n) is 10.8. The van der Waals surface area contributed by atoms with Gasteiger partial charge in [0.05, 0.1) is 0 Å². The first-order valence-corrected chi connectivity index (χ1v) is 14.3. The zero-order valence-corrected chi connectivity index (χ0v) is 25.5. The Bertz CT molecular complexity index is 1750. The van der Waals surface area contributed by atoms with Crippen LogP contribution in [0.4, 0.5) is 0 Å². The van der Waals surface area contributed by atoms with E-state index in [4.69, 9.17) is 15.3 Å². The van der Waals surface area contributed by atoms with Crippen molar-refractivity contribution in [1.29, 1.82) is 0 Å². The SMILES string of the molecule is CC(=O)/C=C/c1cc(/C=C/C(=O)O)cc(-c2ccc(-c3ccc(-c4cc(/C=C/C(=O)O)cc(/C=C/C(=O)O)c4)c(C)c3)cc2C)c1. The molecule has 4 aromatic carbocycles. The Hall–Kier alpha value is -6.08. The van der Waals surface area contributed by atoms with Crippen LogP contribution in [0.15, 0.2) is 97.1 Å². The lowest BCUT2D eigenvalue weighted by atomic mass is 9.91. The van der Waals surface area contributed by atoms with Crippen molar-refractivity contribution in [3.63, 3.8) is 0 Å². The maximum absolute atomic E-state index is 11.5. The van der Waals surface area contributed by atoms with Crippen LogP contribution in [0.1, 0.15) is 40.3 Å². The van der Waals surface area contributed by atoms with Gasteiger partial charge in [-0.1, -0.05) is 42.5 Å². The molecule has 0 spiro atoms. The van der Waals surface area contributed by atoms with E-state index >= 15 is 0 Å². The molecule has 0 atom stereocenters. The molecule has 0 aliphatic rings. The smallest absolute Gasteiger partial charge is 0.328 e. The van der Waals surface area contributed by atoms with Gasteiger partial charge in [-0.3, -0.25) is 4.79 Å². The summed E-state index contributed by atoms with van der Waals surface area (Å²) in [6, 6.07) is 23.3. The van der Waals surface area contributed by atoms with Gasteiger partial charge in [0.15, 0.2) is 5.78 Å². The number of aliphatic carboxylic acids is 3. The summed E-state index contributed by atoms with van der Waals surface area (Å²) in [6.45, 7) is 5.46. The molecular formula is C39H32O7. The first-order chi connectivity index (χ1) is 21.9. The van der Waals surface area contributed by atoms with E-state index in [0.29, 0.717) is 16.7 Å². The number of hydrogen-bond acceptors (Lipinski definition) is 4. The van der Waals surface area contributed by atoms with Crippen LogP contribution in [-0.2, 0) is 19.2 Å². The van der Waals surface area contributed by atoms with Gasteiger partial charge in [0.1, 0.15) is 0 Å². The van der Waals surface area contributed by atoms with Crippen LogP contribution in [0.5, 0.6) is 0 Å². The van der Waals surface area contributed by atoms with Crippen LogP contribution in [0.3, 0.4) is 0 Å². The predicted octanol–water partition coefficient (Wildman–Crippen LogP) is 8.20. The molecule has 4 rings (SSSR count). The zero-order chi connectivity index (χ0) is 33.4. The van der Waals surface area contributed by atoms with E-state index in [1.165, 1.54) is 31.2 Å². The fraction of sp³-hybridized carbons (Fsp3) is 0.0769. The number of rotatable bonds is 11. The van der Waals surface area contributed by atoms with E-state index in [1.807, 2.05) is 68.4 Å². The molecular weight excluding hydrogens is 580 g/mol. The molecule has 3 N–H and O–H groups in total. The van der Waals surface area contributed by atoms with Crippen molar-refractivity contribution >= 4 is 48.0 Å². The summed E-state index contributed by atoms with van der Waals surface area (Å²) in [4.78, 5) is 44.8. The minimum atomic E-state index is -1.08. The number of carbonyl (C=O) groups is 4. The molecule has 0 aromatic heterocycles. The number of carboxylic acids is 3. The number of allylic oxidation sites excluding steroid dienone is 1. The summed E-state index contributed by atoms with van der Waals surface area (Å²) in [5.74, 6) is -3.30. The second-order valence-corrected chi connectivity index (χ2v) is 10.8. The topological polar surface area (TPSA) is 129 Å². The number of carbonyl (C=O) groups excluding carboxylic acids is 1. The highest BCUT2D eigenvalue weighted by molar-refractivity contribution is 5.92. The zero-order valence-electron chi connectivity index (χ0n) is 25.5. The fourth-order valence-electron chi connectivity index (χ4n) is 5.10. The summed E-state index contributed by atoms with van der Waals surface area (Å²) < 4.78 is 0. The van der Waals surface area contributed by atoms with Gasteiger partial charge in [-0.25, -0.2) is 14.4 Å². The van der Waals surface area contributed by atoms with E-state index in [-0.39, 0.29) is 5.78 Å². The third-order valence-corrected chi connectivity index (χ3v) is 7.13. The Balaban J connectivity index is 1.71. The van der Waals surface area contributed by atoms with Crippen molar-refractivity contribution in [3.8, 4) is 33.4 Å². The van der Waals surface area contributed by atoms with Crippen LogP contribution in [0, 0.1) is 13.8 Å². The third-order valence-electron chi connectivity index (χ3n) is 7.13. The monoisotopic (exact) mass is 612 g/mol. The molecule has 0 bridgehead atoms. The number of ketones is 1. The van der Waals surface area contributed by atoms with E-state index in [0.717, 1.165) is 68.3 Å². The molecule has 0 aliphatic carbocycles. The van der Waals surface area contributed by atoms with Crippen LogP contribution in [0.25, 0.3) is 57.7 Å². The highest BCUT2D eigenvalue weighted by atomic mass is 16.4. The van der Waals surface area contributed by atoms with Gasteiger partial charge >= 0.3 is 17.9 Å². The molecule has 4 aromatic rings. The fourth-order valence-corrected chi connectivity index (χ4v) is 5.10. The summed E-state index contributed by atoms with van der Waals surface area (Å²) >= 11 is 0. The quantitative estimate of drug-likeness (QED) is 0.146. The lowest BCUT2D eigenvalue weighted by molar-refractivity contribution is -0.132. The summed E-state index contributed by atoms with van der Waals surface area (Å²) in [5.41, 5.74) is 10.3. The minimum Gasteiger partial charge on any atom is -0.478 e. The number of carboxylic acid groups (broad SMARTS) is 3. The van der Waals surface area contributed by atoms with Crippen molar-refractivity contribution in [2.75, 3.05) is 0 Å². The largest absolute Gasteiger partial charge is 0.478 e. The minimum absolute atomic E-state index is 0.0898. The lowest BCUT2D eigenvalue weighted by Crippen LogP contribution is -1.92. The van der Waals surface area contributed by atoms with Gasteiger partial charge in [-0.05, 0) is 148 Å². The van der Waals surface area contributed by atoms with E-state index in [1.54, 1.807) is 12.1 Å². The second kappa shape index (κ2) is 14.6. The number of aryl methyl sites for hydroxylation is 2. The molecule has 0 saturated carbocycles. The Morgan fingerprint density at radius 1 is 0.457 bits per heavy atom. The van der Waals surface area contributed by atoms with Crippen molar-refractivity contribution in [3.05, 3.63) is 130 Å². The molecule has 0 saturated heterocycles.